The van der Waals surface area contributed by atoms with Crippen LogP contribution in [-0.4, -0.2) is 70.5 Å². The second-order valence-corrected chi connectivity index (χ2v) is 15.9. The first kappa shape index (κ1) is 34.7. The largest absolute Gasteiger partial charge is 0.444 e. The van der Waals surface area contributed by atoms with Crippen LogP contribution in [0, 0.1) is 0 Å². The summed E-state index contributed by atoms with van der Waals surface area (Å²) >= 11 is 0. The summed E-state index contributed by atoms with van der Waals surface area (Å²) in [4.78, 5) is 20.6. The van der Waals surface area contributed by atoms with Crippen molar-refractivity contribution in [3.63, 3.8) is 0 Å². The van der Waals surface area contributed by atoms with E-state index >= 15 is 0 Å². The third-order valence-corrected chi connectivity index (χ3v) is 10.2. The topological polar surface area (TPSA) is 111 Å². The number of aliphatic hydroxyl groups is 1. The Balaban J connectivity index is 1.36. The lowest BCUT2D eigenvalue weighted by Crippen LogP contribution is -2.45. The van der Waals surface area contributed by atoms with Crippen LogP contribution < -0.4 is 10.2 Å². The molecular weight excluding hydrogens is 630 g/mol. The molecule has 3 aliphatic rings. The van der Waals surface area contributed by atoms with Gasteiger partial charge in [-0.3, -0.25) is 0 Å². The molecule has 268 valence electrons. The fraction of sp³-hybridized carbons (Fsp3) is 0.575. The molecule has 1 amide bonds. The molecule has 10 nitrogen and oxygen atoms in total. The van der Waals surface area contributed by atoms with E-state index in [1.165, 1.54) is 5.56 Å². The van der Waals surface area contributed by atoms with Gasteiger partial charge in [0, 0.05) is 49.0 Å². The van der Waals surface area contributed by atoms with E-state index in [1.54, 1.807) is 0 Å². The maximum absolute atomic E-state index is 12.8. The van der Waals surface area contributed by atoms with Gasteiger partial charge in [0.1, 0.15) is 17.1 Å². The fourth-order valence-corrected chi connectivity index (χ4v) is 7.65. The molecule has 3 fully saturated rings. The Bertz CT molecular complexity index is 1830. The monoisotopic (exact) mass is 683 g/mol. The lowest BCUT2D eigenvalue weighted by molar-refractivity contribution is -0.0365. The van der Waals surface area contributed by atoms with E-state index in [9.17, 15) is 9.90 Å². The summed E-state index contributed by atoms with van der Waals surface area (Å²) in [7, 11) is 0. The Morgan fingerprint density at radius 3 is 2.52 bits per heavy atom. The van der Waals surface area contributed by atoms with Crippen LogP contribution in [0.1, 0.15) is 109 Å². The van der Waals surface area contributed by atoms with Gasteiger partial charge in [0.25, 0.3) is 0 Å². The Hall–Kier alpha value is -3.73. The Kier molecular flexibility index (Phi) is 9.80. The summed E-state index contributed by atoms with van der Waals surface area (Å²) in [6, 6.07) is 14.9. The number of amides is 1. The van der Waals surface area contributed by atoms with Crippen LogP contribution in [0.25, 0.3) is 33.1 Å². The average molecular weight is 684 g/mol. The van der Waals surface area contributed by atoms with Crippen LogP contribution in [0.4, 0.5) is 10.6 Å². The Labute approximate surface area is 295 Å². The van der Waals surface area contributed by atoms with Crippen molar-refractivity contribution in [2.45, 2.75) is 115 Å². The number of carbonyl (C=O) groups is 1. The second-order valence-electron chi connectivity index (χ2n) is 15.9. The van der Waals surface area contributed by atoms with Gasteiger partial charge < -0.3 is 29.5 Å². The average Bonchev–Trinajstić information content (AvgIpc) is 3.31. The summed E-state index contributed by atoms with van der Waals surface area (Å²) in [5.74, 6) is 1.20. The van der Waals surface area contributed by atoms with E-state index in [0.717, 1.165) is 122 Å². The number of pyridine rings is 1. The van der Waals surface area contributed by atoms with E-state index in [4.69, 9.17) is 24.3 Å². The molecule has 3 saturated heterocycles. The summed E-state index contributed by atoms with van der Waals surface area (Å²) in [6.45, 7) is 13.0. The molecule has 3 aliphatic heterocycles. The Morgan fingerprint density at radius 1 is 0.940 bits per heavy atom. The molecule has 4 aromatic rings. The van der Waals surface area contributed by atoms with Crippen molar-refractivity contribution in [1.29, 1.82) is 0 Å². The minimum Gasteiger partial charge on any atom is -0.444 e. The number of alkyl carbamates (subject to hydrolysis) is 1. The number of benzene rings is 2. The molecular formula is C40H53N5O5. The third-order valence-electron chi connectivity index (χ3n) is 10.2. The van der Waals surface area contributed by atoms with Crippen LogP contribution in [0.15, 0.2) is 42.5 Å². The number of aromatic nitrogens is 3. The SMILES string of the molecule is CC(C)(C)OC(=O)N[C@H]1CCCCN(c2nc(-c3nn(C4CCCCO4)c4ccc(C5CCCOC5)cc34)cc3cc(C(C)(C)O)ccc23)C1. The molecule has 2 aromatic heterocycles. The van der Waals surface area contributed by atoms with Crippen LogP contribution in [0.5, 0.6) is 0 Å². The molecule has 0 spiro atoms. The molecule has 2 aromatic carbocycles. The number of ether oxygens (including phenoxy) is 3. The van der Waals surface area contributed by atoms with Gasteiger partial charge >= 0.3 is 6.09 Å². The van der Waals surface area contributed by atoms with Gasteiger partial charge in [-0.25, -0.2) is 14.5 Å². The second kappa shape index (κ2) is 14.1. The number of carbonyl (C=O) groups excluding carboxylic acids is 1. The number of nitrogens with one attached hydrogen (secondary N) is 1. The van der Waals surface area contributed by atoms with Crippen molar-refractivity contribution in [2.75, 3.05) is 37.8 Å². The summed E-state index contributed by atoms with van der Waals surface area (Å²) in [5, 5.41) is 22.5. The third kappa shape index (κ3) is 7.62. The summed E-state index contributed by atoms with van der Waals surface area (Å²) in [6.07, 6.45) is 7.54. The number of fused-ring (bicyclic) bond motifs is 2. The van der Waals surface area contributed by atoms with Crippen LogP contribution in [-0.2, 0) is 19.8 Å². The van der Waals surface area contributed by atoms with E-state index in [-0.39, 0.29) is 12.3 Å². The van der Waals surface area contributed by atoms with Crippen LogP contribution in [0.3, 0.4) is 0 Å². The minimum atomic E-state index is -1.01. The highest BCUT2D eigenvalue weighted by atomic mass is 16.6. The molecule has 0 aliphatic carbocycles. The van der Waals surface area contributed by atoms with E-state index in [2.05, 4.69) is 51.3 Å². The molecule has 7 rings (SSSR count). The molecule has 0 saturated carbocycles. The van der Waals surface area contributed by atoms with Crippen LogP contribution in [0.2, 0.25) is 0 Å². The number of rotatable bonds is 6. The zero-order chi connectivity index (χ0) is 35.0. The lowest BCUT2D eigenvalue weighted by atomic mass is 9.92. The molecule has 2 N–H and O–H groups in total. The number of hydrogen-bond acceptors (Lipinski definition) is 8. The molecule has 50 heavy (non-hydrogen) atoms. The van der Waals surface area contributed by atoms with Crippen molar-refractivity contribution >= 4 is 33.6 Å². The van der Waals surface area contributed by atoms with E-state index in [1.807, 2.05) is 40.7 Å². The van der Waals surface area contributed by atoms with Gasteiger partial charge in [-0.1, -0.05) is 18.2 Å². The molecule has 10 heteroatoms. The van der Waals surface area contributed by atoms with Gasteiger partial charge in [-0.2, -0.15) is 5.10 Å². The number of anilines is 1. The van der Waals surface area contributed by atoms with Gasteiger partial charge in [0.15, 0.2) is 6.23 Å². The van der Waals surface area contributed by atoms with Gasteiger partial charge in [0.05, 0.1) is 23.4 Å². The maximum atomic E-state index is 12.8. The van der Waals surface area contributed by atoms with E-state index < -0.39 is 17.3 Å². The lowest BCUT2D eigenvalue weighted by Gasteiger charge is -2.29. The van der Waals surface area contributed by atoms with Crippen LogP contribution >= 0.6 is 0 Å². The van der Waals surface area contributed by atoms with E-state index in [0.29, 0.717) is 12.5 Å². The van der Waals surface area contributed by atoms with Crippen molar-refractivity contribution in [2.24, 2.45) is 0 Å². The molecule has 0 radical (unpaired) electrons. The quantitative estimate of drug-likeness (QED) is 0.211. The van der Waals surface area contributed by atoms with Crippen molar-refractivity contribution in [1.82, 2.24) is 20.1 Å². The number of hydrogen-bond donors (Lipinski definition) is 2. The van der Waals surface area contributed by atoms with Gasteiger partial charge in [-0.15, -0.1) is 0 Å². The summed E-state index contributed by atoms with van der Waals surface area (Å²) < 4.78 is 19.9. The predicted octanol–water partition coefficient (Wildman–Crippen LogP) is 7.96. The zero-order valence-corrected chi connectivity index (χ0v) is 30.3. The van der Waals surface area contributed by atoms with Crippen molar-refractivity contribution < 1.29 is 24.1 Å². The van der Waals surface area contributed by atoms with Crippen molar-refractivity contribution in [3.05, 3.63) is 53.6 Å². The normalized spacial score (nSPS) is 22.4. The molecule has 5 heterocycles. The standard InChI is InChI=1S/C40H53N5O5/c1-39(2,3)50-38(46)41-30-12-6-8-18-44(24-30)37-31-16-15-29(40(4,5)47)21-28(31)23-33(42-37)36-32-22-26(27-11-10-19-48-25-27)14-17-34(32)45(43-36)35-13-7-9-20-49-35/h14-17,21-23,27,30,35,47H,6-13,18-20,24-25H2,1-5H3,(H,41,46)/t27?,30-,35?/m0/s1. The number of nitrogens with zero attached hydrogens (tertiary/aromatic N) is 4. The summed E-state index contributed by atoms with van der Waals surface area (Å²) in [5.41, 5.74) is 3.15. The van der Waals surface area contributed by atoms with Crippen molar-refractivity contribution in [3.8, 4) is 11.4 Å². The fourth-order valence-electron chi connectivity index (χ4n) is 7.65. The van der Waals surface area contributed by atoms with Gasteiger partial charge in [-0.05, 0) is 127 Å². The highest BCUT2D eigenvalue weighted by molar-refractivity contribution is 5.99. The maximum Gasteiger partial charge on any atom is 0.407 e. The minimum absolute atomic E-state index is 0.0905. The molecule has 0 bridgehead atoms. The molecule has 3 atom stereocenters. The smallest absolute Gasteiger partial charge is 0.407 e. The first-order valence-electron chi connectivity index (χ1n) is 18.6. The highest BCUT2D eigenvalue weighted by Gasteiger charge is 2.28. The Morgan fingerprint density at radius 2 is 1.78 bits per heavy atom. The highest BCUT2D eigenvalue weighted by Crippen LogP contribution is 2.39. The first-order chi connectivity index (χ1) is 23.9. The van der Waals surface area contributed by atoms with Gasteiger partial charge in [0.2, 0.25) is 0 Å². The zero-order valence-electron chi connectivity index (χ0n) is 30.3. The predicted molar refractivity (Wildman–Crippen MR) is 197 cm³/mol. The first-order valence-corrected chi connectivity index (χ1v) is 18.6. The molecule has 2 unspecified atom stereocenters.